The largest absolute Gasteiger partial charge is 0.335 e. The van der Waals surface area contributed by atoms with Gasteiger partial charge in [0.25, 0.3) is 0 Å². The SMILES string of the molecule is CC(C)Cc1cncn1CCC1CCCN1. The average Bonchev–Trinajstić information content (AvgIpc) is 2.84. The van der Waals surface area contributed by atoms with Gasteiger partial charge in [0.2, 0.25) is 0 Å². The highest BCUT2D eigenvalue weighted by molar-refractivity contribution is 4.99. The molecule has 0 amide bonds. The molecule has 0 bridgehead atoms. The maximum atomic E-state index is 4.26. The Kier molecular flexibility index (Phi) is 3.99. The van der Waals surface area contributed by atoms with E-state index in [-0.39, 0.29) is 0 Å². The van der Waals surface area contributed by atoms with E-state index in [0.29, 0.717) is 5.92 Å². The Morgan fingerprint density at radius 3 is 3.12 bits per heavy atom. The van der Waals surface area contributed by atoms with Crippen molar-refractivity contribution >= 4 is 0 Å². The van der Waals surface area contributed by atoms with Crippen LogP contribution >= 0.6 is 0 Å². The van der Waals surface area contributed by atoms with Crippen LogP contribution in [-0.2, 0) is 13.0 Å². The minimum atomic E-state index is 0.708. The molecule has 1 aromatic heterocycles. The van der Waals surface area contributed by atoms with Crippen molar-refractivity contribution in [1.82, 2.24) is 14.9 Å². The van der Waals surface area contributed by atoms with Gasteiger partial charge in [-0.2, -0.15) is 0 Å². The number of nitrogens with zero attached hydrogens (tertiary/aromatic N) is 2. The molecule has 0 radical (unpaired) electrons. The summed E-state index contributed by atoms with van der Waals surface area (Å²) in [5.74, 6) is 0.708. The van der Waals surface area contributed by atoms with E-state index in [1.54, 1.807) is 0 Å². The zero-order valence-corrected chi connectivity index (χ0v) is 10.4. The van der Waals surface area contributed by atoms with Crippen molar-refractivity contribution in [3.63, 3.8) is 0 Å². The highest BCUT2D eigenvalue weighted by atomic mass is 15.0. The van der Waals surface area contributed by atoms with E-state index in [4.69, 9.17) is 0 Å². The zero-order valence-electron chi connectivity index (χ0n) is 10.4. The number of hydrogen-bond acceptors (Lipinski definition) is 2. The smallest absolute Gasteiger partial charge is 0.0948 e. The summed E-state index contributed by atoms with van der Waals surface area (Å²) < 4.78 is 2.32. The Labute approximate surface area is 98.3 Å². The van der Waals surface area contributed by atoms with Gasteiger partial charge < -0.3 is 9.88 Å². The lowest BCUT2D eigenvalue weighted by molar-refractivity contribution is 0.489. The molecule has 2 heterocycles. The van der Waals surface area contributed by atoms with Gasteiger partial charge in [0.15, 0.2) is 0 Å². The molecule has 2 rings (SSSR count). The molecule has 1 atom stereocenters. The van der Waals surface area contributed by atoms with Crippen molar-refractivity contribution in [2.45, 2.75) is 52.1 Å². The van der Waals surface area contributed by atoms with E-state index >= 15 is 0 Å². The molecule has 1 fully saturated rings. The van der Waals surface area contributed by atoms with Crippen LogP contribution in [0.3, 0.4) is 0 Å². The van der Waals surface area contributed by atoms with Crippen LogP contribution < -0.4 is 5.32 Å². The van der Waals surface area contributed by atoms with Crippen LogP contribution in [0.5, 0.6) is 0 Å². The highest BCUT2D eigenvalue weighted by Crippen LogP contribution is 2.12. The number of hydrogen-bond donors (Lipinski definition) is 1. The molecule has 1 unspecified atom stereocenters. The van der Waals surface area contributed by atoms with E-state index in [2.05, 4.69) is 28.7 Å². The Hall–Kier alpha value is -0.830. The third-order valence-corrected chi connectivity index (χ3v) is 3.30. The second-order valence-corrected chi connectivity index (χ2v) is 5.26. The minimum absolute atomic E-state index is 0.708. The second-order valence-electron chi connectivity index (χ2n) is 5.26. The first-order chi connectivity index (χ1) is 7.75. The molecule has 1 aliphatic heterocycles. The summed E-state index contributed by atoms with van der Waals surface area (Å²) in [4.78, 5) is 4.26. The van der Waals surface area contributed by atoms with Crippen molar-refractivity contribution in [2.24, 2.45) is 5.92 Å². The van der Waals surface area contributed by atoms with E-state index in [1.165, 1.54) is 31.5 Å². The third kappa shape index (κ3) is 3.08. The van der Waals surface area contributed by atoms with Crippen LogP contribution in [0.2, 0.25) is 0 Å². The van der Waals surface area contributed by atoms with Crippen molar-refractivity contribution in [1.29, 1.82) is 0 Å². The van der Waals surface area contributed by atoms with Crippen molar-refractivity contribution in [3.05, 3.63) is 18.2 Å². The molecule has 1 aromatic rings. The average molecular weight is 221 g/mol. The molecular weight excluding hydrogens is 198 g/mol. The Morgan fingerprint density at radius 2 is 2.44 bits per heavy atom. The molecule has 1 saturated heterocycles. The van der Waals surface area contributed by atoms with Crippen LogP contribution in [0.1, 0.15) is 38.8 Å². The fourth-order valence-corrected chi connectivity index (χ4v) is 2.44. The van der Waals surface area contributed by atoms with Gasteiger partial charge in [0.1, 0.15) is 0 Å². The monoisotopic (exact) mass is 221 g/mol. The molecule has 16 heavy (non-hydrogen) atoms. The zero-order chi connectivity index (χ0) is 11.4. The van der Waals surface area contributed by atoms with E-state index in [9.17, 15) is 0 Å². The van der Waals surface area contributed by atoms with E-state index in [1.807, 2.05) is 12.5 Å². The first-order valence-electron chi connectivity index (χ1n) is 6.48. The topological polar surface area (TPSA) is 29.9 Å². The minimum Gasteiger partial charge on any atom is -0.335 e. The number of aryl methyl sites for hydroxylation is 1. The maximum absolute atomic E-state index is 4.26. The summed E-state index contributed by atoms with van der Waals surface area (Å²) in [6.45, 7) is 6.83. The third-order valence-electron chi connectivity index (χ3n) is 3.30. The lowest BCUT2D eigenvalue weighted by atomic mass is 10.1. The van der Waals surface area contributed by atoms with Gasteiger partial charge in [-0.25, -0.2) is 4.98 Å². The summed E-state index contributed by atoms with van der Waals surface area (Å²) in [6.07, 6.45) is 9.05. The Morgan fingerprint density at radius 1 is 1.56 bits per heavy atom. The first kappa shape index (κ1) is 11.6. The number of aromatic nitrogens is 2. The summed E-state index contributed by atoms with van der Waals surface area (Å²) in [7, 11) is 0. The molecule has 0 spiro atoms. The summed E-state index contributed by atoms with van der Waals surface area (Å²) in [6, 6.07) is 0.731. The summed E-state index contributed by atoms with van der Waals surface area (Å²) in [5, 5.41) is 3.55. The van der Waals surface area contributed by atoms with E-state index < -0.39 is 0 Å². The van der Waals surface area contributed by atoms with Gasteiger partial charge in [0.05, 0.1) is 6.33 Å². The fourth-order valence-electron chi connectivity index (χ4n) is 2.44. The van der Waals surface area contributed by atoms with Crippen LogP contribution in [-0.4, -0.2) is 22.1 Å². The highest BCUT2D eigenvalue weighted by Gasteiger charge is 2.14. The standard InChI is InChI=1S/C13H23N3/c1-11(2)8-13-9-14-10-16(13)7-5-12-4-3-6-15-12/h9-12,15H,3-8H2,1-2H3. The normalized spacial score (nSPS) is 20.8. The number of nitrogens with one attached hydrogen (secondary N) is 1. The maximum Gasteiger partial charge on any atom is 0.0948 e. The molecule has 0 aromatic carbocycles. The predicted molar refractivity (Wildman–Crippen MR) is 66.4 cm³/mol. The first-order valence-corrected chi connectivity index (χ1v) is 6.48. The van der Waals surface area contributed by atoms with Crippen LogP contribution in [0.25, 0.3) is 0 Å². The second kappa shape index (κ2) is 5.48. The Bertz CT molecular complexity index is 311. The lowest BCUT2D eigenvalue weighted by Gasteiger charge is -2.13. The fraction of sp³-hybridized carbons (Fsp3) is 0.769. The van der Waals surface area contributed by atoms with Crippen LogP contribution in [0.4, 0.5) is 0 Å². The quantitative estimate of drug-likeness (QED) is 0.826. The molecule has 1 N–H and O–H groups in total. The van der Waals surface area contributed by atoms with Gasteiger partial charge in [0, 0.05) is 24.5 Å². The lowest BCUT2D eigenvalue weighted by Crippen LogP contribution is -2.23. The van der Waals surface area contributed by atoms with Gasteiger partial charge >= 0.3 is 0 Å². The molecule has 3 heteroatoms. The molecule has 3 nitrogen and oxygen atoms in total. The molecule has 0 saturated carbocycles. The summed E-state index contributed by atoms with van der Waals surface area (Å²) >= 11 is 0. The molecule has 0 aliphatic carbocycles. The van der Waals surface area contributed by atoms with Gasteiger partial charge in [-0.1, -0.05) is 13.8 Å². The van der Waals surface area contributed by atoms with Gasteiger partial charge in [-0.05, 0) is 38.1 Å². The van der Waals surface area contributed by atoms with E-state index in [0.717, 1.165) is 19.0 Å². The van der Waals surface area contributed by atoms with Crippen molar-refractivity contribution in [2.75, 3.05) is 6.54 Å². The predicted octanol–water partition coefficient (Wildman–Crippen LogP) is 2.22. The van der Waals surface area contributed by atoms with Crippen molar-refractivity contribution < 1.29 is 0 Å². The molecular formula is C13H23N3. The van der Waals surface area contributed by atoms with Gasteiger partial charge in [-0.15, -0.1) is 0 Å². The summed E-state index contributed by atoms with van der Waals surface area (Å²) in [5.41, 5.74) is 1.38. The van der Waals surface area contributed by atoms with Crippen molar-refractivity contribution in [3.8, 4) is 0 Å². The number of rotatable bonds is 5. The molecule has 1 aliphatic rings. The van der Waals surface area contributed by atoms with Gasteiger partial charge in [-0.3, -0.25) is 0 Å². The Balaban J connectivity index is 1.85. The number of imidazole rings is 1. The molecule has 90 valence electrons. The van der Waals surface area contributed by atoms with Crippen LogP contribution in [0.15, 0.2) is 12.5 Å². The van der Waals surface area contributed by atoms with Crippen LogP contribution in [0, 0.1) is 5.92 Å².